The molecule has 39 heavy (non-hydrogen) atoms. The molecule has 3 amide bonds. The predicted molar refractivity (Wildman–Crippen MR) is 147 cm³/mol. The number of pyridine rings is 1. The van der Waals surface area contributed by atoms with Gasteiger partial charge in [0.2, 0.25) is 17.7 Å². The third-order valence-corrected chi connectivity index (χ3v) is 6.72. The van der Waals surface area contributed by atoms with Gasteiger partial charge in [-0.25, -0.2) is 9.37 Å². The molecule has 0 unspecified atom stereocenters. The van der Waals surface area contributed by atoms with E-state index in [1.807, 2.05) is 0 Å². The molecule has 0 aliphatic heterocycles. The van der Waals surface area contributed by atoms with Crippen molar-refractivity contribution in [3.05, 3.63) is 84.3 Å². The molecule has 1 heterocycles. The van der Waals surface area contributed by atoms with Crippen molar-refractivity contribution >= 4 is 29.2 Å². The molecule has 4 rings (SSSR count). The Morgan fingerprint density at radius 2 is 1.79 bits per heavy atom. The molecule has 0 spiro atoms. The van der Waals surface area contributed by atoms with Crippen LogP contribution in [-0.2, 0) is 14.4 Å². The summed E-state index contributed by atoms with van der Waals surface area (Å²) in [6.07, 6.45) is 5.78. The second-order valence-corrected chi connectivity index (χ2v) is 9.53. The minimum absolute atomic E-state index is 0.0151. The number of benzene rings is 2. The summed E-state index contributed by atoms with van der Waals surface area (Å²) in [4.78, 5) is 45.5. The van der Waals surface area contributed by atoms with E-state index in [1.165, 1.54) is 36.3 Å². The number of carbonyl (C=O) groups is 3. The highest BCUT2D eigenvalue weighted by Crippen LogP contribution is 2.32. The molecule has 1 saturated carbocycles. The van der Waals surface area contributed by atoms with Gasteiger partial charge in [-0.2, -0.15) is 0 Å². The molecule has 0 bridgehead atoms. The number of methoxy groups -OCH3 is 1. The molecule has 0 saturated heterocycles. The van der Waals surface area contributed by atoms with Crippen LogP contribution in [0.15, 0.2) is 72.9 Å². The third kappa shape index (κ3) is 7.63. The molecule has 3 aromatic rings. The summed E-state index contributed by atoms with van der Waals surface area (Å²) in [6, 6.07) is 16.7. The normalized spacial score (nSPS) is 13.9. The lowest BCUT2D eigenvalue weighted by molar-refractivity contribution is -0.127. The first-order chi connectivity index (χ1) is 18.9. The molecular formula is C30H33FN4O4. The Balaban J connectivity index is 1.59. The molecule has 9 heteroatoms. The zero-order valence-corrected chi connectivity index (χ0v) is 21.9. The number of ether oxygens (including phenoxy) is 1. The van der Waals surface area contributed by atoms with Crippen LogP contribution >= 0.6 is 0 Å². The molecule has 1 aliphatic rings. The minimum Gasteiger partial charge on any atom is -0.497 e. The van der Waals surface area contributed by atoms with Crippen molar-refractivity contribution in [2.75, 3.05) is 17.3 Å². The third-order valence-electron chi connectivity index (χ3n) is 6.72. The summed E-state index contributed by atoms with van der Waals surface area (Å²) >= 11 is 0. The number of rotatable bonds is 11. The fourth-order valence-electron chi connectivity index (χ4n) is 4.77. The van der Waals surface area contributed by atoms with E-state index in [-0.39, 0.29) is 43.0 Å². The zero-order valence-electron chi connectivity index (χ0n) is 21.9. The maximum Gasteiger partial charge on any atom is 0.248 e. The van der Waals surface area contributed by atoms with Gasteiger partial charge in [0, 0.05) is 36.8 Å². The van der Waals surface area contributed by atoms with Crippen LogP contribution in [0.5, 0.6) is 5.75 Å². The lowest BCUT2D eigenvalue weighted by Crippen LogP contribution is -2.46. The maximum atomic E-state index is 13.8. The Hall–Kier alpha value is -4.27. The number of anilines is 2. The quantitative estimate of drug-likeness (QED) is 0.355. The van der Waals surface area contributed by atoms with E-state index >= 15 is 0 Å². The first-order valence-corrected chi connectivity index (χ1v) is 13.2. The number of aromatic nitrogens is 1. The van der Waals surface area contributed by atoms with E-state index in [4.69, 9.17) is 4.74 Å². The van der Waals surface area contributed by atoms with Gasteiger partial charge in [-0.15, -0.1) is 0 Å². The van der Waals surface area contributed by atoms with Gasteiger partial charge in [-0.1, -0.05) is 37.1 Å². The van der Waals surface area contributed by atoms with Crippen LogP contribution in [0.2, 0.25) is 0 Å². The number of amides is 3. The number of carbonyl (C=O) groups excluding carboxylic acids is 3. The Morgan fingerprint density at radius 3 is 2.49 bits per heavy atom. The Labute approximate surface area is 227 Å². The summed E-state index contributed by atoms with van der Waals surface area (Å²) < 4.78 is 19.2. The van der Waals surface area contributed by atoms with E-state index in [1.54, 1.807) is 48.7 Å². The van der Waals surface area contributed by atoms with E-state index in [2.05, 4.69) is 15.6 Å². The largest absolute Gasteiger partial charge is 0.497 e. The van der Waals surface area contributed by atoms with Crippen LogP contribution in [0.1, 0.15) is 56.6 Å². The number of nitrogens with zero attached hydrogens (tertiary/aromatic N) is 2. The van der Waals surface area contributed by atoms with Gasteiger partial charge in [0.15, 0.2) is 0 Å². The Kier molecular flexibility index (Phi) is 9.61. The number of nitrogens with one attached hydrogen (secondary N) is 2. The van der Waals surface area contributed by atoms with Gasteiger partial charge in [0.1, 0.15) is 23.4 Å². The van der Waals surface area contributed by atoms with Gasteiger partial charge < -0.3 is 15.4 Å². The Bertz CT molecular complexity index is 1260. The average Bonchev–Trinajstić information content (AvgIpc) is 3.45. The van der Waals surface area contributed by atoms with Crippen LogP contribution in [0.4, 0.5) is 15.9 Å². The van der Waals surface area contributed by atoms with Crippen molar-refractivity contribution in [3.63, 3.8) is 0 Å². The van der Waals surface area contributed by atoms with Gasteiger partial charge in [-0.3, -0.25) is 19.3 Å². The SMILES string of the molecule is COc1cccc(N(C(=O)CCCC(=O)Nc2ccccn2)[C@H](C(=O)NC2CCCC2)c2ccc(F)cc2)c1. The number of halogens is 1. The van der Waals surface area contributed by atoms with Crippen LogP contribution < -0.4 is 20.3 Å². The first kappa shape index (κ1) is 27.8. The predicted octanol–water partition coefficient (Wildman–Crippen LogP) is 5.17. The van der Waals surface area contributed by atoms with Crippen molar-refractivity contribution in [1.82, 2.24) is 10.3 Å². The van der Waals surface area contributed by atoms with E-state index in [0.717, 1.165) is 25.7 Å². The highest BCUT2D eigenvalue weighted by molar-refractivity contribution is 6.01. The highest BCUT2D eigenvalue weighted by atomic mass is 19.1. The average molecular weight is 533 g/mol. The van der Waals surface area contributed by atoms with E-state index in [9.17, 15) is 18.8 Å². The van der Waals surface area contributed by atoms with Crippen LogP contribution in [0.25, 0.3) is 0 Å². The van der Waals surface area contributed by atoms with Crippen LogP contribution in [0, 0.1) is 5.82 Å². The van der Waals surface area contributed by atoms with Crippen molar-refractivity contribution in [2.24, 2.45) is 0 Å². The molecule has 204 valence electrons. The molecule has 0 radical (unpaired) electrons. The van der Waals surface area contributed by atoms with Crippen molar-refractivity contribution in [3.8, 4) is 5.75 Å². The summed E-state index contributed by atoms with van der Waals surface area (Å²) in [5, 5.41) is 5.81. The maximum absolute atomic E-state index is 13.8. The van der Waals surface area contributed by atoms with E-state index < -0.39 is 11.9 Å². The van der Waals surface area contributed by atoms with Crippen molar-refractivity contribution < 1.29 is 23.5 Å². The molecule has 2 N–H and O–H groups in total. The first-order valence-electron chi connectivity index (χ1n) is 13.2. The van der Waals surface area contributed by atoms with Crippen LogP contribution in [-0.4, -0.2) is 35.9 Å². The fourth-order valence-corrected chi connectivity index (χ4v) is 4.77. The van der Waals surface area contributed by atoms with Gasteiger partial charge in [0.25, 0.3) is 0 Å². The lowest BCUT2D eigenvalue weighted by Gasteiger charge is -2.32. The summed E-state index contributed by atoms with van der Waals surface area (Å²) in [5.41, 5.74) is 0.948. The molecular weight excluding hydrogens is 499 g/mol. The fraction of sp³-hybridized carbons (Fsp3) is 0.333. The number of hydrogen-bond acceptors (Lipinski definition) is 5. The monoisotopic (exact) mass is 532 g/mol. The van der Waals surface area contributed by atoms with Gasteiger partial charge in [0.05, 0.1) is 7.11 Å². The Morgan fingerprint density at radius 1 is 1.03 bits per heavy atom. The summed E-state index contributed by atoms with van der Waals surface area (Å²) in [7, 11) is 1.52. The smallest absolute Gasteiger partial charge is 0.248 e. The molecule has 1 fully saturated rings. The second-order valence-electron chi connectivity index (χ2n) is 9.53. The number of hydrogen-bond donors (Lipinski definition) is 2. The molecule has 1 aliphatic carbocycles. The molecule has 8 nitrogen and oxygen atoms in total. The van der Waals surface area contributed by atoms with Gasteiger partial charge in [-0.05, 0) is 61.2 Å². The zero-order chi connectivity index (χ0) is 27.6. The van der Waals surface area contributed by atoms with Crippen molar-refractivity contribution in [1.29, 1.82) is 0 Å². The van der Waals surface area contributed by atoms with Crippen LogP contribution in [0.3, 0.4) is 0 Å². The molecule has 1 atom stereocenters. The lowest BCUT2D eigenvalue weighted by atomic mass is 10.0. The molecule has 2 aromatic carbocycles. The second kappa shape index (κ2) is 13.5. The highest BCUT2D eigenvalue weighted by Gasteiger charge is 2.34. The standard InChI is InChI=1S/C30H33FN4O4/c1-39-25-11-6-10-24(20-25)35(28(37)14-7-13-27(36)34-26-12-4-5-19-32-26)29(21-15-17-22(31)18-16-21)30(38)33-23-8-2-3-9-23/h4-6,10-12,15-20,23,29H,2-3,7-9,13-14H2,1H3,(H,33,38)(H,32,34,36)/t29-/m0/s1. The van der Waals surface area contributed by atoms with Gasteiger partial charge >= 0.3 is 0 Å². The van der Waals surface area contributed by atoms with Crippen molar-refractivity contribution in [2.45, 2.75) is 57.0 Å². The summed E-state index contributed by atoms with van der Waals surface area (Å²) in [5.74, 6) is -0.418. The van der Waals surface area contributed by atoms with E-state index in [0.29, 0.717) is 22.8 Å². The molecule has 1 aromatic heterocycles. The summed E-state index contributed by atoms with van der Waals surface area (Å²) in [6.45, 7) is 0. The topological polar surface area (TPSA) is 101 Å². The minimum atomic E-state index is -1.03.